The summed E-state index contributed by atoms with van der Waals surface area (Å²) in [6.07, 6.45) is 1.50. The first-order chi connectivity index (χ1) is 15.4. The molecule has 0 bridgehead atoms. The van der Waals surface area contributed by atoms with E-state index < -0.39 is 27.2 Å². The predicted octanol–water partition coefficient (Wildman–Crippen LogP) is 4.64. The average Bonchev–Trinajstić information content (AvgIpc) is 3.15. The van der Waals surface area contributed by atoms with Crippen LogP contribution in [0.2, 0.25) is 0 Å². The Morgan fingerprint density at radius 2 is 1.69 bits per heavy atom. The van der Waals surface area contributed by atoms with E-state index in [2.05, 4.69) is 4.99 Å². The van der Waals surface area contributed by atoms with Crippen LogP contribution in [0.25, 0.3) is 6.08 Å². The van der Waals surface area contributed by atoms with Crippen LogP contribution >= 0.6 is 0 Å². The Balaban J connectivity index is 1.61. The van der Waals surface area contributed by atoms with E-state index in [4.69, 9.17) is 9.47 Å². The molecule has 0 amide bonds. The van der Waals surface area contributed by atoms with Gasteiger partial charge in [0.1, 0.15) is 5.75 Å². The van der Waals surface area contributed by atoms with Crippen LogP contribution in [0, 0.1) is 20.2 Å². The Bertz CT molecular complexity index is 1300. The van der Waals surface area contributed by atoms with Gasteiger partial charge in [0.25, 0.3) is 5.69 Å². The molecule has 32 heavy (non-hydrogen) atoms. The third-order valence-corrected chi connectivity index (χ3v) is 4.38. The number of nitro benzene ring substituents is 2. The van der Waals surface area contributed by atoms with Gasteiger partial charge in [0.15, 0.2) is 5.70 Å². The van der Waals surface area contributed by atoms with Gasteiger partial charge in [-0.05, 0) is 42.0 Å². The molecule has 10 heteroatoms. The van der Waals surface area contributed by atoms with Gasteiger partial charge in [0, 0.05) is 11.6 Å². The average molecular weight is 431 g/mol. The molecule has 0 spiro atoms. The summed E-state index contributed by atoms with van der Waals surface area (Å²) in [5.41, 5.74) is 0.319. The third kappa shape index (κ3) is 4.33. The molecule has 3 aromatic rings. The number of nitrogens with zero attached hydrogens (tertiary/aromatic N) is 3. The zero-order chi connectivity index (χ0) is 22.7. The van der Waals surface area contributed by atoms with Crippen molar-refractivity contribution in [1.82, 2.24) is 0 Å². The zero-order valence-electron chi connectivity index (χ0n) is 16.2. The molecule has 10 nitrogen and oxygen atoms in total. The fourth-order valence-corrected chi connectivity index (χ4v) is 2.91. The number of hydrogen-bond acceptors (Lipinski definition) is 8. The topological polar surface area (TPSA) is 134 Å². The van der Waals surface area contributed by atoms with E-state index in [1.54, 1.807) is 48.5 Å². The smallest absolute Gasteiger partial charge is 0.363 e. The van der Waals surface area contributed by atoms with Gasteiger partial charge in [-0.15, -0.1) is 0 Å². The fraction of sp³-hybridized carbons (Fsp3) is 0. The molecule has 0 saturated carbocycles. The summed E-state index contributed by atoms with van der Waals surface area (Å²) in [6.45, 7) is 0. The van der Waals surface area contributed by atoms with Crippen molar-refractivity contribution in [3.63, 3.8) is 0 Å². The maximum absolute atomic E-state index is 12.2. The summed E-state index contributed by atoms with van der Waals surface area (Å²) in [4.78, 5) is 37.1. The number of esters is 1. The highest BCUT2D eigenvalue weighted by atomic mass is 16.6. The van der Waals surface area contributed by atoms with Crippen LogP contribution in [-0.2, 0) is 9.53 Å². The second-order valence-corrected chi connectivity index (χ2v) is 6.54. The van der Waals surface area contributed by atoms with Gasteiger partial charge in [-0.2, -0.15) is 0 Å². The molecule has 3 aromatic carbocycles. The standard InChI is InChI=1S/C22H13N3O7/c26-22-18(23-21(32-22)15-6-2-1-3-7-15)12-14-5-4-8-17(11-14)31-20-10-9-16(24(27)28)13-19(20)25(29)30/h1-13H/b18-12-. The number of benzene rings is 3. The van der Waals surface area contributed by atoms with Crippen molar-refractivity contribution in [2.75, 3.05) is 0 Å². The Labute approximate surface area is 180 Å². The molecule has 158 valence electrons. The van der Waals surface area contributed by atoms with Gasteiger partial charge in [-0.1, -0.05) is 30.3 Å². The first-order valence-corrected chi connectivity index (χ1v) is 9.19. The van der Waals surface area contributed by atoms with Gasteiger partial charge >= 0.3 is 11.7 Å². The Kier molecular flexibility index (Phi) is 5.41. The molecule has 0 saturated heterocycles. The van der Waals surface area contributed by atoms with Gasteiger partial charge < -0.3 is 9.47 Å². The Hall–Kier alpha value is -4.86. The number of carbonyl (C=O) groups is 1. The summed E-state index contributed by atoms with van der Waals surface area (Å²) in [6, 6.07) is 18.5. The van der Waals surface area contributed by atoms with Crippen LogP contribution in [0.4, 0.5) is 11.4 Å². The van der Waals surface area contributed by atoms with E-state index in [-0.39, 0.29) is 23.1 Å². The van der Waals surface area contributed by atoms with Crippen molar-refractivity contribution in [2.24, 2.45) is 4.99 Å². The molecule has 0 atom stereocenters. The number of hydrogen-bond donors (Lipinski definition) is 0. The third-order valence-electron chi connectivity index (χ3n) is 4.38. The molecule has 4 rings (SSSR count). The van der Waals surface area contributed by atoms with Crippen molar-refractivity contribution in [3.8, 4) is 11.5 Å². The molecule has 1 aliphatic rings. The zero-order valence-corrected chi connectivity index (χ0v) is 16.2. The second-order valence-electron chi connectivity index (χ2n) is 6.54. The van der Waals surface area contributed by atoms with E-state index in [0.717, 1.165) is 18.2 Å². The number of aliphatic imine (C=N–C) groups is 1. The maximum atomic E-state index is 12.2. The molecule has 0 unspecified atom stereocenters. The fourth-order valence-electron chi connectivity index (χ4n) is 2.91. The summed E-state index contributed by atoms with van der Waals surface area (Å²) < 4.78 is 10.8. The number of ether oxygens (including phenoxy) is 2. The number of carbonyl (C=O) groups excluding carboxylic acids is 1. The summed E-state index contributed by atoms with van der Waals surface area (Å²) in [5, 5.41) is 22.2. The van der Waals surface area contributed by atoms with Crippen LogP contribution in [-0.4, -0.2) is 21.7 Å². The SMILES string of the molecule is O=C1OC(c2ccccc2)=N/C1=C\c1cccc(Oc2ccc([N+](=O)[O-])cc2[N+](=O)[O-])c1. The van der Waals surface area contributed by atoms with Gasteiger partial charge in [-0.3, -0.25) is 20.2 Å². The van der Waals surface area contributed by atoms with Crippen LogP contribution in [0.15, 0.2) is 83.5 Å². The van der Waals surface area contributed by atoms with Crippen LogP contribution < -0.4 is 4.74 Å². The predicted molar refractivity (Wildman–Crippen MR) is 113 cm³/mol. The van der Waals surface area contributed by atoms with Crippen molar-refractivity contribution in [3.05, 3.63) is 110 Å². The van der Waals surface area contributed by atoms with E-state index in [9.17, 15) is 25.0 Å². The monoisotopic (exact) mass is 431 g/mol. The Morgan fingerprint density at radius 1 is 0.906 bits per heavy atom. The van der Waals surface area contributed by atoms with Crippen molar-refractivity contribution < 1.29 is 24.1 Å². The minimum Gasteiger partial charge on any atom is -0.450 e. The lowest BCUT2D eigenvalue weighted by atomic mass is 10.2. The first kappa shape index (κ1) is 20.4. The quantitative estimate of drug-likeness (QED) is 0.240. The molecular weight excluding hydrogens is 418 g/mol. The molecule has 0 aliphatic carbocycles. The largest absolute Gasteiger partial charge is 0.450 e. The summed E-state index contributed by atoms with van der Waals surface area (Å²) in [5.74, 6) is -0.345. The molecule has 1 heterocycles. The van der Waals surface area contributed by atoms with E-state index in [1.807, 2.05) is 6.07 Å². The van der Waals surface area contributed by atoms with Crippen molar-refractivity contribution >= 4 is 29.3 Å². The maximum Gasteiger partial charge on any atom is 0.363 e. The van der Waals surface area contributed by atoms with Gasteiger partial charge in [-0.25, -0.2) is 9.79 Å². The lowest BCUT2D eigenvalue weighted by Crippen LogP contribution is -2.04. The number of rotatable bonds is 6. The normalized spacial score (nSPS) is 14.1. The summed E-state index contributed by atoms with van der Waals surface area (Å²) in [7, 11) is 0. The molecule has 0 fully saturated rings. The van der Waals surface area contributed by atoms with Crippen LogP contribution in [0.5, 0.6) is 11.5 Å². The van der Waals surface area contributed by atoms with Crippen LogP contribution in [0.1, 0.15) is 11.1 Å². The molecule has 0 aromatic heterocycles. The van der Waals surface area contributed by atoms with Crippen LogP contribution in [0.3, 0.4) is 0 Å². The lowest BCUT2D eigenvalue weighted by Gasteiger charge is -2.07. The highest BCUT2D eigenvalue weighted by Gasteiger charge is 2.24. The highest BCUT2D eigenvalue weighted by molar-refractivity contribution is 6.12. The number of cyclic esters (lactones) is 1. The lowest BCUT2D eigenvalue weighted by molar-refractivity contribution is -0.394. The van der Waals surface area contributed by atoms with Gasteiger partial charge in [0.2, 0.25) is 11.6 Å². The highest BCUT2D eigenvalue weighted by Crippen LogP contribution is 2.34. The first-order valence-electron chi connectivity index (χ1n) is 9.19. The number of nitro groups is 2. The summed E-state index contributed by atoms with van der Waals surface area (Å²) >= 11 is 0. The Morgan fingerprint density at radius 3 is 2.41 bits per heavy atom. The number of non-ortho nitro benzene ring substituents is 1. The van der Waals surface area contributed by atoms with E-state index >= 15 is 0 Å². The minimum atomic E-state index is -0.761. The second kappa shape index (κ2) is 8.48. The molecular formula is C22H13N3O7. The van der Waals surface area contributed by atoms with Crippen molar-refractivity contribution in [1.29, 1.82) is 0 Å². The minimum absolute atomic E-state index is 0.0855. The molecule has 1 aliphatic heterocycles. The van der Waals surface area contributed by atoms with E-state index in [1.165, 1.54) is 6.08 Å². The van der Waals surface area contributed by atoms with Gasteiger partial charge in [0.05, 0.1) is 15.9 Å². The molecule has 0 radical (unpaired) electrons. The molecule has 0 N–H and O–H groups in total. The van der Waals surface area contributed by atoms with Crippen molar-refractivity contribution in [2.45, 2.75) is 0 Å². The van der Waals surface area contributed by atoms with E-state index in [0.29, 0.717) is 11.1 Å².